The van der Waals surface area contributed by atoms with Crippen LogP contribution in [0.25, 0.3) is 0 Å². The van der Waals surface area contributed by atoms with Gasteiger partial charge in [0, 0.05) is 25.0 Å². The van der Waals surface area contributed by atoms with Gasteiger partial charge in [-0.15, -0.1) is 0 Å². The summed E-state index contributed by atoms with van der Waals surface area (Å²) < 4.78 is 6.98. The summed E-state index contributed by atoms with van der Waals surface area (Å²) in [7, 11) is 1.41. The standard InChI is InChI=1S/C20H15N3O5/c1-22-19(26)14-7-5-12(10-15(14)20(22)27)21-18(25)16-8-6-13(28-16)11-23-9-3-2-4-17(23)24/h2-10H,11H2,1H3,(H,21,25). The molecule has 0 fully saturated rings. The minimum Gasteiger partial charge on any atom is -0.454 e. The number of pyridine rings is 1. The molecule has 0 radical (unpaired) electrons. The van der Waals surface area contributed by atoms with Crippen LogP contribution < -0.4 is 10.9 Å². The molecule has 140 valence electrons. The maximum atomic E-state index is 12.4. The molecular formula is C20H15N3O5. The molecule has 1 aliphatic rings. The van der Waals surface area contributed by atoms with E-state index in [4.69, 9.17) is 4.42 Å². The molecular weight excluding hydrogens is 362 g/mol. The van der Waals surface area contributed by atoms with Crippen LogP contribution in [0.15, 0.2) is 63.9 Å². The van der Waals surface area contributed by atoms with Crippen LogP contribution in [0, 0.1) is 0 Å². The number of benzene rings is 1. The fraction of sp³-hybridized carbons (Fsp3) is 0.100. The quantitative estimate of drug-likeness (QED) is 0.701. The van der Waals surface area contributed by atoms with E-state index in [0.29, 0.717) is 17.0 Å². The average Bonchev–Trinajstić information content (AvgIpc) is 3.24. The zero-order valence-corrected chi connectivity index (χ0v) is 14.8. The van der Waals surface area contributed by atoms with Gasteiger partial charge in [0.25, 0.3) is 23.3 Å². The maximum Gasteiger partial charge on any atom is 0.291 e. The van der Waals surface area contributed by atoms with Crippen LogP contribution in [0.2, 0.25) is 0 Å². The predicted octanol–water partition coefficient (Wildman–Crippen LogP) is 1.97. The van der Waals surface area contributed by atoms with Crippen molar-refractivity contribution in [3.8, 4) is 0 Å². The maximum absolute atomic E-state index is 12.4. The van der Waals surface area contributed by atoms with Crippen molar-refractivity contribution in [2.45, 2.75) is 6.54 Å². The van der Waals surface area contributed by atoms with Gasteiger partial charge in [0.15, 0.2) is 5.76 Å². The van der Waals surface area contributed by atoms with Crippen LogP contribution in [0.3, 0.4) is 0 Å². The number of hydrogen-bond donors (Lipinski definition) is 1. The third-order valence-electron chi connectivity index (χ3n) is 4.46. The molecule has 1 N–H and O–H groups in total. The van der Waals surface area contributed by atoms with Crippen molar-refractivity contribution in [2.24, 2.45) is 0 Å². The molecule has 1 aromatic carbocycles. The van der Waals surface area contributed by atoms with Crippen LogP contribution >= 0.6 is 0 Å². The summed E-state index contributed by atoms with van der Waals surface area (Å²) in [5.41, 5.74) is 0.748. The highest BCUT2D eigenvalue weighted by Crippen LogP contribution is 2.25. The molecule has 0 spiro atoms. The lowest BCUT2D eigenvalue weighted by Gasteiger charge is -2.05. The van der Waals surface area contributed by atoms with Crippen molar-refractivity contribution in [2.75, 3.05) is 12.4 Å². The first-order valence-corrected chi connectivity index (χ1v) is 8.46. The molecule has 3 heterocycles. The van der Waals surface area contributed by atoms with Gasteiger partial charge in [-0.25, -0.2) is 0 Å². The predicted molar refractivity (Wildman–Crippen MR) is 99.3 cm³/mol. The number of furan rings is 1. The number of carbonyl (C=O) groups is 3. The van der Waals surface area contributed by atoms with Crippen molar-refractivity contribution >= 4 is 23.4 Å². The van der Waals surface area contributed by atoms with E-state index in [1.165, 1.54) is 35.9 Å². The van der Waals surface area contributed by atoms with Gasteiger partial charge in [-0.05, 0) is 36.4 Å². The highest BCUT2D eigenvalue weighted by atomic mass is 16.4. The first-order valence-electron chi connectivity index (χ1n) is 8.46. The molecule has 0 atom stereocenters. The number of nitrogens with one attached hydrogen (secondary N) is 1. The number of aromatic nitrogens is 1. The van der Waals surface area contributed by atoms with E-state index >= 15 is 0 Å². The van der Waals surface area contributed by atoms with Gasteiger partial charge in [-0.2, -0.15) is 0 Å². The number of imide groups is 1. The fourth-order valence-corrected chi connectivity index (χ4v) is 2.98. The van der Waals surface area contributed by atoms with Crippen molar-refractivity contribution in [3.63, 3.8) is 0 Å². The molecule has 3 aromatic rings. The Kier molecular flexibility index (Phi) is 4.15. The van der Waals surface area contributed by atoms with Gasteiger partial charge in [-0.3, -0.25) is 24.1 Å². The minimum absolute atomic E-state index is 0.0685. The fourth-order valence-electron chi connectivity index (χ4n) is 2.98. The van der Waals surface area contributed by atoms with Crippen LogP contribution in [0.5, 0.6) is 0 Å². The first-order chi connectivity index (χ1) is 13.4. The molecule has 2 aromatic heterocycles. The van der Waals surface area contributed by atoms with E-state index in [9.17, 15) is 19.2 Å². The number of amides is 3. The molecule has 8 nitrogen and oxygen atoms in total. The van der Waals surface area contributed by atoms with Gasteiger partial charge < -0.3 is 14.3 Å². The third kappa shape index (κ3) is 3.01. The summed E-state index contributed by atoms with van der Waals surface area (Å²) >= 11 is 0. The Hall–Kier alpha value is -3.94. The number of nitrogens with zero attached hydrogens (tertiary/aromatic N) is 2. The van der Waals surface area contributed by atoms with Crippen molar-refractivity contribution < 1.29 is 18.8 Å². The van der Waals surface area contributed by atoms with Crippen LogP contribution in [0.4, 0.5) is 5.69 Å². The van der Waals surface area contributed by atoms with Crippen molar-refractivity contribution in [3.05, 3.63) is 87.7 Å². The Morgan fingerprint density at radius 1 is 1.00 bits per heavy atom. The third-order valence-corrected chi connectivity index (χ3v) is 4.46. The van der Waals surface area contributed by atoms with E-state index in [0.717, 1.165) is 4.90 Å². The second kappa shape index (κ2) is 6.66. The topological polar surface area (TPSA) is 102 Å². The highest BCUT2D eigenvalue weighted by molar-refractivity contribution is 6.21. The second-order valence-electron chi connectivity index (χ2n) is 6.32. The Bertz CT molecular complexity index is 1170. The molecule has 4 rings (SSSR count). The summed E-state index contributed by atoms with van der Waals surface area (Å²) in [6, 6.07) is 12.5. The van der Waals surface area contributed by atoms with Crippen LogP contribution in [-0.2, 0) is 6.54 Å². The van der Waals surface area contributed by atoms with Gasteiger partial charge >= 0.3 is 0 Å². The molecule has 0 saturated carbocycles. The number of anilines is 1. The molecule has 28 heavy (non-hydrogen) atoms. The molecule has 8 heteroatoms. The van der Waals surface area contributed by atoms with E-state index in [1.807, 2.05) is 0 Å². The minimum atomic E-state index is -0.503. The van der Waals surface area contributed by atoms with Crippen molar-refractivity contribution in [1.82, 2.24) is 9.47 Å². The number of fused-ring (bicyclic) bond motifs is 1. The summed E-state index contributed by atoms with van der Waals surface area (Å²) in [4.78, 5) is 49.2. The summed E-state index contributed by atoms with van der Waals surface area (Å²) in [5.74, 6) is -0.764. The van der Waals surface area contributed by atoms with E-state index in [1.54, 1.807) is 30.5 Å². The Morgan fingerprint density at radius 3 is 2.57 bits per heavy atom. The van der Waals surface area contributed by atoms with Crippen molar-refractivity contribution in [1.29, 1.82) is 0 Å². The summed E-state index contributed by atoms with van der Waals surface area (Å²) in [6.45, 7) is 0.203. The Morgan fingerprint density at radius 2 is 1.79 bits per heavy atom. The second-order valence-corrected chi connectivity index (χ2v) is 6.32. The molecule has 1 aliphatic heterocycles. The molecule has 0 unspecified atom stereocenters. The monoisotopic (exact) mass is 377 g/mol. The summed E-state index contributed by atoms with van der Waals surface area (Å²) in [6.07, 6.45) is 1.63. The molecule has 3 amide bonds. The zero-order chi connectivity index (χ0) is 19.8. The van der Waals surface area contributed by atoms with Gasteiger partial charge in [0.05, 0.1) is 17.7 Å². The van der Waals surface area contributed by atoms with Gasteiger partial charge in [0.1, 0.15) is 5.76 Å². The lowest BCUT2D eigenvalue weighted by molar-refractivity contribution is 0.0692. The van der Waals surface area contributed by atoms with Crippen LogP contribution in [-0.4, -0.2) is 34.2 Å². The SMILES string of the molecule is CN1C(=O)c2ccc(NC(=O)c3ccc(Cn4ccccc4=O)o3)cc2C1=O. The molecule has 0 bridgehead atoms. The molecule has 0 saturated heterocycles. The molecule has 0 aliphatic carbocycles. The van der Waals surface area contributed by atoms with E-state index in [2.05, 4.69) is 5.32 Å². The highest BCUT2D eigenvalue weighted by Gasteiger charge is 2.32. The largest absolute Gasteiger partial charge is 0.454 e. The first kappa shape index (κ1) is 17.5. The number of hydrogen-bond acceptors (Lipinski definition) is 5. The number of rotatable bonds is 4. The Labute approximate surface area is 159 Å². The average molecular weight is 377 g/mol. The normalized spacial score (nSPS) is 13.0. The lowest BCUT2D eigenvalue weighted by atomic mass is 10.1. The van der Waals surface area contributed by atoms with E-state index in [-0.39, 0.29) is 29.3 Å². The smallest absolute Gasteiger partial charge is 0.291 e. The van der Waals surface area contributed by atoms with Gasteiger partial charge in [0.2, 0.25) is 0 Å². The summed E-state index contributed by atoms with van der Waals surface area (Å²) in [5, 5.41) is 2.64. The zero-order valence-electron chi connectivity index (χ0n) is 14.8. The van der Waals surface area contributed by atoms with Gasteiger partial charge in [-0.1, -0.05) is 6.07 Å². The number of carbonyl (C=O) groups excluding carboxylic acids is 3. The Balaban J connectivity index is 1.50. The van der Waals surface area contributed by atoms with Crippen LogP contribution in [0.1, 0.15) is 37.0 Å². The lowest BCUT2D eigenvalue weighted by Crippen LogP contribution is -2.24. The van der Waals surface area contributed by atoms with E-state index < -0.39 is 11.8 Å².